The standard InChI is InChI=1S/C23H24N2O3S2/c1-4-14-28-22(27)20(17-8-6-5-7-9-17)25-21(26)19(30-23(25)29)15-16-10-12-18(13-11-16)24(2)3/h5-13,15,20H,4,14H2,1-3H3/b19-15+. The van der Waals surface area contributed by atoms with Gasteiger partial charge in [-0.2, -0.15) is 0 Å². The van der Waals surface area contributed by atoms with Crippen LogP contribution < -0.4 is 4.90 Å². The van der Waals surface area contributed by atoms with Crippen molar-refractivity contribution < 1.29 is 14.3 Å². The zero-order valence-corrected chi connectivity index (χ0v) is 18.8. The number of amides is 1. The summed E-state index contributed by atoms with van der Waals surface area (Å²) in [6, 6.07) is 16.1. The molecule has 0 N–H and O–H groups in total. The van der Waals surface area contributed by atoms with Gasteiger partial charge in [-0.25, -0.2) is 4.79 Å². The molecular weight excluding hydrogens is 416 g/mol. The summed E-state index contributed by atoms with van der Waals surface area (Å²) in [6.07, 6.45) is 2.51. The van der Waals surface area contributed by atoms with Gasteiger partial charge in [0.2, 0.25) is 0 Å². The molecule has 1 aliphatic heterocycles. The second-order valence-electron chi connectivity index (χ2n) is 7.02. The van der Waals surface area contributed by atoms with E-state index in [1.807, 2.05) is 68.4 Å². The third kappa shape index (κ3) is 4.91. The molecule has 3 rings (SSSR count). The minimum atomic E-state index is -0.896. The number of anilines is 1. The largest absolute Gasteiger partial charge is 0.464 e. The highest BCUT2D eigenvalue weighted by Crippen LogP contribution is 2.38. The fourth-order valence-corrected chi connectivity index (χ4v) is 4.34. The van der Waals surface area contributed by atoms with Gasteiger partial charge in [-0.3, -0.25) is 9.69 Å². The third-order valence-electron chi connectivity index (χ3n) is 4.58. The second kappa shape index (κ2) is 9.91. The maximum Gasteiger partial charge on any atom is 0.333 e. The molecule has 0 bridgehead atoms. The van der Waals surface area contributed by atoms with Crippen molar-refractivity contribution in [2.75, 3.05) is 25.6 Å². The number of thioether (sulfide) groups is 1. The fraction of sp³-hybridized carbons (Fsp3) is 0.261. The highest BCUT2D eigenvalue weighted by Gasteiger charge is 2.42. The van der Waals surface area contributed by atoms with Gasteiger partial charge in [0.25, 0.3) is 5.91 Å². The number of esters is 1. The molecular formula is C23H24N2O3S2. The molecule has 1 atom stereocenters. The normalized spacial score (nSPS) is 16.1. The highest BCUT2D eigenvalue weighted by molar-refractivity contribution is 8.26. The van der Waals surface area contributed by atoms with Crippen LogP contribution in [0.3, 0.4) is 0 Å². The summed E-state index contributed by atoms with van der Waals surface area (Å²) in [5, 5.41) is 0. The van der Waals surface area contributed by atoms with Gasteiger partial charge in [-0.1, -0.05) is 73.4 Å². The Kier molecular flexibility index (Phi) is 7.29. The smallest absolute Gasteiger partial charge is 0.333 e. The van der Waals surface area contributed by atoms with Crippen LogP contribution >= 0.6 is 24.0 Å². The van der Waals surface area contributed by atoms with Gasteiger partial charge in [-0.05, 0) is 35.8 Å². The van der Waals surface area contributed by atoms with E-state index in [4.69, 9.17) is 17.0 Å². The predicted molar refractivity (Wildman–Crippen MR) is 126 cm³/mol. The highest BCUT2D eigenvalue weighted by atomic mass is 32.2. The number of hydrogen-bond donors (Lipinski definition) is 0. The summed E-state index contributed by atoms with van der Waals surface area (Å²) in [5.41, 5.74) is 2.64. The molecule has 1 saturated heterocycles. The molecule has 1 amide bonds. The number of carbonyl (C=O) groups is 2. The SMILES string of the molecule is CCCOC(=O)C(c1ccccc1)N1C(=O)/C(=C\c2ccc(N(C)C)cc2)SC1=S. The quantitative estimate of drug-likeness (QED) is 0.355. The lowest BCUT2D eigenvalue weighted by Crippen LogP contribution is -2.38. The molecule has 0 aliphatic carbocycles. The van der Waals surface area contributed by atoms with Crippen LogP contribution in [0.2, 0.25) is 0 Å². The van der Waals surface area contributed by atoms with Crippen LogP contribution in [0.15, 0.2) is 59.5 Å². The lowest BCUT2D eigenvalue weighted by Gasteiger charge is -2.25. The molecule has 1 fully saturated rings. The van der Waals surface area contributed by atoms with E-state index in [1.165, 1.54) is 16.7 Å². The summed E-state index contributed by atoms with van der Waals surface area (Å²) in [5.74, 6) is -0.764. The van der Waals surface area contributed by atoms with Crippen molar-refractivity contribution in [3.8, 4) is 0 Å². The van der Waals surface area contributed by atoms with Gasteiger partial charge < -0.3 is 9.64 Å². The zero-order valence-electron chi connectivity index (χ0n) is 17.2. The van der Waals surface area contributed by atoms with Crippen molar-refractivity contribution >= 4 is 51.9 Å². The van der Waals surface area contributed by atoms with Gasteiger partial charge in [0.1, 0.15) is 4.32 Å². The van der Waals surface area contributed by atoms with Crippen molar-refractivity contribution in [1.29, 1.82) is 0 Å². The molecule has 2 aromatic carbocycles. The summed E-state index contributed by atoms with van der Waals surface area (Å²) < 4.78 is 5.73. The Hall–Kier alpha value is -2.64. The minimum Gasteiger partial charge on any atom is -0.464 e. The number of rotatable bonds is 7. The van der Waals surface area contributed by atoms with Gasteiger partial charge in [0, 0.05) is 19.8 Å². The molecule has 1 aliphatic rings. The summed E-state index contributed by atoms with van der Waals surface area (Å²) in [6.45, 7) is 2.22. The van der Waals surface area contributed by atoms with Gasteiger partial charge in [0.05, 0.1) is 11.5 Å². The van der Waals surface area contributed by atoms with Gasteiger partial charge in [0.15, 0.2) is 6.04 Å². The topological polar surface area (TPSA) is 49.9 Å². The molecule has 2 aromatic rings. The van der Waals surface area contributed by atoms with Crippen molar-refractivity contribution in [3.05, 3.63) is 70.6 Å². The van der Waals surface area contributed by atoms with Crippen LogP contribution in [0.25, 0.3) is 6.08 Å². The fourth-order valence-electron chi connectivity index (χ4n) is 3.03. The van der Waals surface area contributed by atoms with E-state index < -0.39 is 12.0 Å². The van der Waals surface area contributed by atoms with Crippen LogP contribution in [0.5, 0.6) is 0 Å². The van der Waals surface area contributed by atoms with Crippen LogP contribution in [0, 0.1) is 0 Å². The maximum atomic E-state index is 13.2. The number of thiocarbonyl (C=S) groups is 1. The number of carbonyl (C=O) groups excluding carboxylic acids is 2. The van der Waals surface area contributed by atoms with E-state index in [1.54, 1.807) is 18.2 Å². The van der Waals surface area contributed by atoms with Crippen LogP contribution in [-0.2, 0) is 14.3 Å². The average molecular weight is 441 g/mol. The molecule has 1 unspecified atom stereocenters. The van der Waals surface area contributed by atoms with E-state index in [9.17, 15) is 9.59 Å². The molecule has 7 heteroatoms. The molecule has 5 nitrogen and oxygen atoms in total. The Labute approximate surface area is 186 Å². The zero-order chi connectivity index (χ0) is 21.7. The molecule has 30 heavy (non-hydrogen) atoms. The Morgan fingerprint density at radius 2 is 1.83 bits per heavy atom. The lowest BCUT2D eigenvalue weighted by molar-refractivity contribution is -0.151. The monoisotopic (exact) mass is 440 g/mol. The first-order chi connectivity index (χ1) is 14.4. The Balaban J connectivity index is 1.91. The number of benzene rings is 2. The van der Waals surface area contributed by atoms with Crippen LogP contribution in [0.4, 0.5) is 5.69 Å². The molecule has 1 heterocycles. The van der Waals surface area contributed by atoms with E-state index >= 15 is 0 Å². The van der Waals surface area contributed by atoms with E-state index in [0.29, 0.717) is 27.8 Å². The number of hydrogen-bond acceptors (Lipinski definition) is 6. The third-order valence-corrected chi connectivity index (χ3v) is 5.91. The maximum absolute atomic E-state index is 13.2. The summed E-state index contributed by atoms with van der Waals surface area (Å²) in [4.78, 5) is 29.9. The Bertz CT molecular complexity index is 956. The van der Waals surface area contributed by atoms with Crippen molar-refractivity contribution in [3.63, 3.8) is 0 Å². The van der Waals surface area contributed by atoms with Gasteiger partial charge in [-0.15, -0.1) is 0 Å². The molecule has 0 saturated carbocycles. The first kappa shape index (κ1) is 22.1. The van der Waals surface area contributed by atoms with E-state index in [-0.39, 0.29) is 5.91 Å². The van der Waals surface area contributed by atoms with Crippen LogP contribution in [0.1, 0.15) is 30.5 Å². The first-order valence-electron chi connectivity index (χ1n) is 9.68. The Morgan fingerprint density at radius 1 is 1.17 bits per heavy atom. The average Bonchev–Trinajstić information content (AvgIpc) is 3.01. The summed E-state index contributed by atoms with van der Waals surface area (Å²) in [7, 11) is 3.95. The minimum absolute atomic E-state index is 0.288. The van der Waals surface area contributed by atoms with Gasteiger partial charge >= 0.3 is 5.97 Å². The van der Waals surface area contributed by atoms with Crippen LogP contribution in [-0.4, -0.2) is 41.8 Å². The van der Waals surface area contributed by atoms with E-state index in [0.717, 1.165) is 11.3 Å². The molecule has 156 valence electrons. The first-order valence-corrected chi connectivity index (χ1v) is 10.9. The molecule has 0 aromatic heterocycles. The Morgan fingerprint density at radius 3 is 2.43 bits per heavy atom. The number of nitrogens with zero attached hydrogens (tertiary/aromatic N) is 2. The molecule has 0 spiro atoms. The second-order valence-corrected chi connectivity index (χ2v) is 8.69. The van der Waals surface area contributed by atoms with Crippen molar-refractivity contribution in [2.45, 2.75) is 19.4 Å². The molecule has 0 radical (unpaired) electrons. The van der Waals surface area contributed by atoms with Crippen molar-refractivity contribution in [2.24, 2.45) is 0 Å². The summed E-state index contributed by atoms with van der Waals surface area (Å²) >= 11 is 6.69. The number of ether oxygens (including phenoxy) is 1. The lowest BCUT2D eigenvalue weighted by atomic mass is 10.1. The van der Waals surface area contributed by atoms with Crippen molar-refractivity contribution in [1.82, 2.24) is 4.90 Å². The predicted octanol–water partition coefficient (Wildman–Crippen LogP) is 4.65. The van der Waals surface area contributed by atoms with E-state index in [2.05, 4.69) is 0 Å².